The molecule has 1 aromatic carbocycles. The van der Waals surface area contributed by atoms with Gasteiger partial charge in [-0.2, -0.15) is 0 Å². The van der Waals surface area contributed by atoms with E-state index in [-0.39, 0.29) is 12.0 Å². The molecule has 2 N–H and O–H groups in total. The van der Waals surface area contributed by atoms with Gasteiger partial charge in [0.1, 0.15) is 11.5 Å². The van der Waals surface area contributed by atoms with Crippen LogP contribution in [-0.2, 0) is 4.79 Å². The van der Waals surface area contributed by atoms with Gasteiger partial charge >= 0.3 is 5.97 Å². The molecule has 2 rings (SSSR count). The summed E-state index contributed by atoms with van der Waals surface area (Å²) < 4.78 is 11.7. The Balaban J connectivity index is 2.41. The number of carboxylic acid groups (broad SMARTS) is 1. The van der Waals surface area contributed by atoms with Gasteiger partial charge in [-0.15, -0.1) is 0 Å². The van der Waals surface area contributed by atoms with Gasteiger partial charge in [0.2, 0.25) is 0 Å². The fourth-order valence-corrected chi connectivity index (χ4v) is 3.15. The summed E-state index contributed by atoms with van der Waals surface area (Å²) in [6.07, 6.45) is 0.546. The summed E-state index contributed by atoms with van der Waals surface area (Å²) in [4.78, 5) is 11.1. The zero-order valence-corrected chi connectivity index (χ0v) is 13.3. The van der Waals surface area contributed by atoms with Crippen LogP contribution in [0.2, 0.25) is 0 Å². The summed E-state index contributed by atoms with van der Waals surface area (Å²) >= 11 is 3.52. The molecule has 1 aliphatic rings. The Hall–Kier alpha value is -1.27. The number of rotatable bonds is 4. The van der Waals surface area contributed by atoms with Gasteiger partial charge < -0.3 is 19.9 Å². The second kappa shape index (κ2) is 6.01. The summed E-state index contributed by atoms with van der Waals surface area (Å²) in [6, 6.07) is 1.87. The fourth-order valence-electron chi connectivity index (χ4n) is 2.56. The first-order valence-corrected chi connectivity index (χ1v) is 7.16. The number of hydrogen-bond donors (Lipinski definition) is 2. The molecule has 0 bridgehead atoms. The minimum Gasteiger partial charge on any atom is -0.496 e. The van der Waals surface area contributed by atoms with Crippen molar-refractivity contribution in [3.05, 3.63) is 21.7 Å². The van der Waals surface area contributed by atoms with Crippen LogP contribution in [0.4, 0.5) is 0 Å². The Bertz CT molecular complexity index is 532. The Kier molecular flexibility index (Phi) is 4.55. The molecule has 1 saturated heterocycles. The maximum absolute atomic E-state index is 11.1. The Morgan fingerprint density at radius 1 is 1.45 bits per heavy atom. The topological polar surface area (TPSA) is 67.8 Å². The van der Waals surface area contributed by atoms with Crippen molar-refractivity contribution in [1.82, 2.24) is 5.32 Å². The lowest BCUT2D eigenvalue weighted by molar-refractivity contribution is -0.141. The lowest BCUT2D eigenvalue weighted by Crippen LogP contribution is -2.17. The van der Waals surface area contributed by atoms with Crippen LogP contribution in [0.1, 0.15) is 23.6 Å². The van der Waals surface area contributed by atoms with E-state index in [9.17, 15) is 4.79 Å². The number of benzene rings is 1. The van der Waals surface area contributed by atoms with Crippen LogP contribution in [0.15, 0.2) is 10.5 Å². The number of halogens is 1. The quantitative estimate of drug-likeness (QED) is 0.879. The number of carbonyl (C=O) groups is 1. The molecule has 1 fully saturated rings. The van der Waals surface area contributed by atoms with Gasteiger partial charge in [0.15, 0.2) is 0 Å². The van der Waals surface area contributed by atoms with Crippen LogP contribution in [0.5, 0.6) is 11.5 Å². The molecule has 0 aliphatic carbocycles. The zero-order valence-electron chi connectivity index (χ0n) is 11.7. The van der Waals surface area contributed by atoms with E-state index in [0.29, 0.717) is 13.0 Å². The third-order valence-corrected chi connectivity index (χ3v) is 4.68. The predicted octanol–water partition coefficient (Wildman–Crippen LogP) is 2.51. The number of methoxy groups -OCH3 is 2. The lowest BCUT2D eigenvalue weighted by atomic mass is 9.98. The van der Waals surface area contributed by atoms with Crippen LogP contribution in [0.3, 0.4) is 0 Å². The molecule has 110 valence electrons. The van der Waals surface area contributed by atoms with Gasteiger partial charge in [0.05, 0.1) is 24.6 Å². The highest BCUT2D eigenvalue weighted by Gasteiger charge is 2.33. The van der Waals surface area contributed by atoms with E-state index in [2.05, 4.69) is 21.2 Å². The average Bonchev–Trinajstić information content (AvgIpc) is 2.91. The highest BCUT2D eigenvalue weighted by Crippen LogP contribution is 2.43. The molecule has 2 unspecified atom stereocenters. The highest BCUT2D eigenvalue weighted by atomic mass is 79.9. The summed E-state index contributed by atoms with van der Waals surface area (Å²) in [5, 5.41) is 12.3. The van der Waals surface area contributed by atoms with Crippen molar-refractivity contribution in [2.45, 2.75) is 19.4 Å². The predicted molar refractivity (Wildman–Crippen MR) is 78.5 cm³/mol. The van der Waals surface area contributed by atoms with Gasteiger partial charge in [-0.05, 0) is 35.3 Å². The van der Waals surface area contributed by atoms with Gasteiger partial charge in [-0.1, -0.05) is 0 Å². The largest absolute Gasteiger partial charge is 0.496 e. The van der Waals surface area contributed by atoms with Crippen LogP contribution in [0.25, 0.3) is 0 Å². The Labute approximate surface area is 126 Å². The molecule has 6 heteroatoms. The first kappa shape index (κ1) is 15.1. The maximum Gasteiger partial charge on any atom is 0.307 e. The molecule has 5 nitrogen and oxygen atoms in total. The van der Waals surface area contributed by atoms with E-state index < -0.39 is 5.97 Å². The zero-order chi connectivity index (χ0) is 14.9. The van der Waals surface area contributed by atoms with Crippen molar-refractivity contribution >= 4 is 21.9 Å². The summed E-state index contributed by atoms with van der Waals surface area (Å²) in [6.45, 7) is 2.41. The van der Waals surface area contributed by atoms with Gasteiger partial charge in [-0.3, -0.25) is 4.79 Å². The second-order valence-corrected chi connectivity index (χ2v) is 5.66. The number of aliphatic carboxylic acids is 1. The average molecular weight is 344 g/mol. The standard InChI is InChI=1S/C14H18BrNO4/c1-7-11(19-2)5-9(13(20-3)12(7)15)10-4-8(6-16-10)14(17)18/h5,8,10,16H,4,6H2,1-3H3,(H,17,18). The third-order valence-electron chi connectivity index (χ3n) is 3.73. The summed E-state index contributed by atoms with van der Waals surface area (Å²) in [7, 11) is 3.23. The first-order chi connectivity index (χ1) is 9.49. The molecule has 0 spiro atoms. The third kappa shape index (κ3) is 2.62. The molecular formula is C14H18BrNO4. The van der Waals surface area contributed by atoms with Gasteiger partial charge in [-0.25, -0.2) is 0 Å². The van der Waals surface area contributed by atoms with Crippen LogP contribution in [0, 0.1) is 12.8 Å². The van der Waals surface area contributed by atoms with E-state index in [1.165, 1.54) is 0 Å². The van der Waals surface area contributed by atoms with Crippen molar-refractivity contribution in [2.75, 3.05) is 20.8 Å². The molecule has 0 radical (unpaired) electrons. The molecule has 1 aliphatic heterocycles. The SMILES string of the molecule is COc1cc(C2CC(C(=O)O)CN2)c(OC)c(Br)c1C. The molecule has 1 heterocycles. The van der Waals surface area contributed by atoms with Crippen molar-refractivity contribution in [1.29, 1.82) is 0 Å². The van der Waals surface area contributed by atoms with E-state index in [1.807, 2.05) is 13.0 Å². The summed E-state index contributed by atoms with van der Waals surface area (Å²) in [5.74, 6) is 0.355. The van der Waals surface area contributed by atoms with Gasteiger partial charge in [0, 0.05) is 23.7 Å². The van der Waals surface area contributed by atoms with Crippen molar-refractivity contribution in [3.8, 4) is 11.5 Å². The second-order valence-electron chi connectivity index (χ2n) is 4.87. The number of nitrogens with one attached hydrogen (secondary N) is 1. The first-order valence-electron chi connectivity index (χ1n) is 6.36. The number of carboxylic acids is 1. The molecule has 1 aromatic rings. The molecule has 0 saturated carbocycles. The van der Waals surface area contributed by atoms with Crippen molar-refractivity contribution < 1.29 is 19.4 Å². The molecule has 0 aromatic heterocycles. The maximum atomic E-state index is 11.1. The van der Waals surface area contributed by atoms with E-state index in [0.717, 1.165) is 27.1 Å². The molecular weight excluding hydrogens is 326 g/mol. The Morgan fingerprint density at radius 2 is 2.15 bits per heavy atom. The van der Waals surface area contributed by atoms with Gasteiger partial charge in [0.25, 0.3) is 0 Å². The molecule has 0 amide bonds. The molecule has 20 heavy (non-hydrogen) atoms. The normalized spacial score (nSPS) is 21.8. The minimum absolute atomic E-state index is 0.0446. The van der Waals surface area contributed by atoms with Crippen LogP contribution in [-0.4, -0.2) is 31.8 Å². The molecule has 2 atom stereocenters. The van der Waals surface area contributed by atoms with E-state index in [1.54, 1.807) is 14.2 Å². The van der Waals surface area contributed by atoms with Crippen molar-refractivity contribution in [2.24, 2.45) is 5.92 Å². The summed E-state index contributed by atoms with van der Waals surface area (Å²) in [5.41, 5.74) is 1.88. The number of hydrogen-bond acceptors (Lipinski definition) is 4. The van der Waals surface area contributed by atoms with Crippen molar-refractivity contribution in [3.63, 3.8) is 0 Å². The minimum atomic E-state index is -0.767. The fraction of sp³-hybridized carbons (Fsp3) is 0.500. The monoisotopic (exact) mass is 343 g/mol. The smallest absolute Gasteiger partial charge is 0.307 e. The van der Waals surface area contributed by atoms with Crippen LogP contribution < -0.4 is 14.8 Å². The lowest BCUT2D eigenvalue weighted by Gasteiger charge is -2.19. The van der Waals surface area contributed by atoms with E-state index >= 15 is 0 Å². The highest BCUT2D eigenvalue weighted by molar-refractivity contribution is 9.10. The number of ether oxygens (including phenoxy) is 2. The van der Waals surface area contributed by atoms with Crippen LogP contribution >= 0.6 is 15.9 Å². The Morgan fingerprint density at radius 3 is 2.65 bits per heavy atom. The van der Waals surface area contributed by atoms with E-state index in [4.69, 9.17) is 14.6 Å².